The first-order valence-corrected chi connectivity index (χ1v) is 9.00. The minimum absolute atomic E-state index is 0.0298. The molecule has 0 aliphatic heterocycles. The van der Waals surface area contributed by atoms with Gasteiger partial charge in [0.15, 0.2) is 0 Å². The molecule has 1 rings (SSSR count). The fourth-order valence-corrected chi connectivity index (χ4v) is 2.38. The van der Waals surface area contributed by atoms with Crippen LogP contribution in [0.25, 0.3) is 0 Å². The summed E-state index contributed by atoms with van der Waals surface area (Å²) in [5, 5.41) is 10.7. The Kier molecular flexibility index (Phi) is 9.97. The monoisotopic (exact) mass is 365 g/mol. The van der Waals surface area contributed by atoms with Gasteiger partial charge < -0.3 is 9.47 Å². The van der Waals surface area contributed by atoms with Gasteiger partial charge in [0.05, 0.1) is 24.4 Å². The number of ether oxygens (including phenoxy) is 2. The Labute approximate surface area is 153 Å². The Morgan fingerprint density at radius 1 is 1.15 bits per heavy atom. The number of unbranched alkanes of at least 4 members (excludes halogenated alkanes) is 1. The molecule has 0 spiro atoms. The van der Waals surface area contributed by atoms with Crippen LogP contribution in [0.4, 0.5) is 5.69 Å². The first kappa shape index (κ1) is 21.6. The van der Waals surface area contributed by atoms with E-state index in [2.05, 4.69) is 13.8 Å². The van der Waals surface area contributed by atoms with Crippen LogP contribution in [0.15, 0.2) is 24.3 Å². The van der Waals surface area contributed by atoms with Gasteiger partial charge in [-0.15, -0.1) is 0 Å². The average molecular weight is 365 g/mol. The van der Waals surface area contributed by atoms with Crippen LogP contribution in [0.1, 0.15) is 57.9 Å². The van der Waals surface area contributed by atoms with Crippen molar-refractivity contribution in [3.8, 4) is 0 Å². The van der Waals surface area contributed by atoms with Crippen molar-refractivity contribution in [1.82, 2.24) is 0 Å². The molecular formula is C19H27NO6. The van der Waals surface area contributed by atoms with Gasteiger partial charge >= 0.3 is 11.9 Å². The maximum atomic E-state index is 11.7. The predicted molar refractivity (Wildman–Crippen MR) is 96.4 cm³/mol. The molecular weight excluding hydrogens is 338 g/mol. The van der Waals surface area contributed by atoms with E-state index in [-0.39, 0.29) is 25.1 Å². The van der Waals surface area contributed by atoms with Gasteiger partial charge in [0.25, 0.3) is 5.69 Å². The lowest BCUT2D eigenvalue weighted by Crippen LogP contribution is -2.15. The van der Waals surface area contributed by atoms with E-state index >= 15 is 0 Å². The number of hydrogen-bond acceptors (Lipinski definition) is 6. The fourth-order valence-electron chi connectivity index (χ4n) is 2.38. The molecule has 0 amide bonds. The normalized spacial score (nSPS) is 11.6. The zero-order valence-corrected chi connectivity index (χ0v) is 15.4. The molecule has 0 fully saturated rings. The summed E-state index contributed by atoms with van der Waals surface area (Å²) in [7, 11) is 0. The maximum Gasteiger partial charge on any atom is 0.306 e. The van der Waals surface area contributed by atoms with Crippen molar-refractivity contribution in [3.05, 3.63) is 39.9 Å². The number of benzene rings is 1. The van der Waals surface area contributed by atoms with Crippen LogP contribution in [0.2, 0.25) is 0 Å². The number of rotatable bonds is 12. The topological polar surface area (TPSA) is 95.7 Å². The third-order valence-electron chi connectivity index (χ3n) is 4.08. The number of carbonyl (C=O) groups is 2. The highest BCUT2D eigenvalue weighted by atomic mass is 16.6. The zero-order valence-electron chi connectivity index (χ0n) is 15.4. The molecule has 7 nitrogen and oxygen atoms in total. The van der Waals surface area contributed by atoms with E-state index in [1.54, 1.807) is 6.07 Å². The third kappa shape index (κ3) is 8.60. The Morgan fingerprint density at radius 2 is 1.85 bits per heavy atom. The van der Waals surface area contributed by atoms with Gasteiger partial charge in [0.1, 0.15) is 6.61 Å². The van der Waals surface area contributed by atoms with Gasteiger partial charge in [-0.3, -0.25) is 19.7 Å². The smallest absolute Gasteiger partial charge is 0.306 e. The second kappa shape index (κ2) is 12.0. The minimum Gasteiger partial charge on any atom is -0.465 e. The molecule has 0 saturated heterocycles. The van der Waals surface area contributed by atoms with Crippen LogP contribution in [0.5, 0.6) is 0 Å². The summed E-state index contributed by atoms with van der Waals surface area (Å²) in [5.74, 6) is -0.585. The lowest BCUT2D eigenvalue weighted by atomic mass is 10.0. The van der Waals surface area contributed by atoms with E-state index in [1.807, 2.05) is 0 Å². The summed E-state index contributed by atoms with van der Waals surface area (Å²) in [5.41, 5.74) is 0.465. The Balaban J connectivity index is 2.28. The number of nitrogens with zero attached hydrogens (tertiary/aromatic N) is 1. The lowest BCUT2D eigenvalue weighted by molar-refractivity contribution is -0.384. The van der Waals surface area contributed by atoms with Crippen LogP contribution < -0.4 is 0 Å². The van der Waals surface area contributed by atoms with Crippen molar-refractivity contribution in [3.63, 3.8) is 0 Å². The molecule has 0 radical (unpaired) electrons. The lowest BCUT2D eigenvalue weighted by Gasteiger charge is -2.14. The van der Waals surface area contributed by atoms with Crippen molar-refractivity contribution < 1.29 is 24.0 Å². The minimum atomic E-state index is -0.536. The van der Waals surface area contributed by atoms with E-state index in [0.29, 0.717) is 18.1 Å². The van der Waals surface area contributed by atoms with Gasteiger partial charge in [-0.25, -0.2) is 0 Å². The second-order valence-corrected chi connectivity index (χ2v) is 6.19. The van der Waals surface area contributed by atoms with E-state index in [1.165, 1.54) is 18.2 Å². The number of hydrogen-bond donors (Lipinski definition) is 0. The molecule has 7 heteroatoms. The van der Waals surface area contributed by atoms with Crippen LogP contribution in [0, 0.1) is 16.0 Å². The Bertz CT molecular complexity index is 601. The largest absolute Gasteiger partial charge is 0.465 e. The summed E-state index contributed by atoms with van der Waals surface area (Å²) in [6.45, 7) is 4.51. The fraction of sp³-hybridized carbons (Fsp3) is 0.579. The molecule has 144 valence electrons. The zero-order chi connectivity index (χ0) is 19.4. The number of nitro benzene ring substituents is 1. The van der Waals surface area contributed by atoms with Gasteiger partial charge in [0.2, 0.25) is 0 Å². The molecule has 1 aromatic rings. The molecule has 26 heavy (non-hydrogen) atoms. The first-order chi connectivity index (χ1) is 12.5. The van der Waals surface area contributed by atoms with Gasteiger partial charge in [-0.1, -0.05) is 45.2 Å². The number of non-ortho nitro benzene ring substituents is 1. The maximum absolute atomic E-state index is 11.7. The average Bonchev–Trinajstić information content (AvgIpc) is 2.65. The van der Waals surface area contributed by atoms with Crippen molar-refractivity contribution in [2.24, 2.45) is 5.92 Å². The molecule has 0 heterocycles. The molecule has 0 saturated carbocycles. The Hall–Kier alpha value is -2.44. The summed E-state index contributed by atoms with van der Waals surface area (Å²) >= 11 is 0. The molecule has 0 bridgehead atoms. The highest BCUT2D eigenvalue weighted by Gasteiger charge is 2.13. The first-order valence-electron chi connectivity index (χ1n) is 9.00. The summed E-state index contributed by atoms with van der Waals surface area (Å²) in [4.78, 5) is 33.6. The number of esters is 2. The second-order valence-electron chi connectivity index (χ2n) is 6.19. The molecule has 0 N–H and O–H groups in total. The van der Waals surface area contributed by atoms with Crippen LogP contribution in [-0.4, -0.2) is 23.5 Å². The molecule has 0 aromatic heterocycles. The Morgan fingerprint density at radius 3 is 2.46 bits per heavy atom. The standard InChI is InChI=1S/C19H27NO6/c1-3-5-7-15(4-2)13-25-18(21)10-11-19(22)26-14-16-8-6-9-17(12-16)20(23)24/h6,8-9,12,15H,3-5,7,10-11,13-14H2,1-2H3. The van der Waals surface area contributed by atoms with Crippen LogP contribution in [-0.2, 0) is 25.7 Å². The molecule has 1 unspecified atom stereocenters. The molecule has 0 aliphatic carbocycles. The van der Waals surface area contributed by atoms with Crippen molar-refractivity contribution >= 4 is 17.6 Å². The highest BCUT2D eigenvalue weighted by Crippen LogP contribution is 2.15. The van der Waals surface area contributed by atoms with E-state index < -0.39 is 16.9 Å². The highest BCUT2D eigenvalue weighted by molar-refractivity contribution is 5.77. The van der Waals surface area contributed by atoms with E-state index in [4.69, 9.17) is 9.47 Å². The van der Waals surface area contributed by atoms with Crippen LogP contribution >= 0.6 is 0 Å². The third-order valence-corrected chi connectivity index (χ3v) is 4.08. The number of carbonyl (C=O) groups excluding carboxylic acids is 2. The van der Waals surface area contributed by atoms with E-state index in [0.717, 1.165) is 25.7 Å². The van der Waals surface area contributed by atoms with Gasteiger partial charge in [0, 0.05) is 12.1 Å². The SMILES string of the molecule is CCCCC(CC)COC(=O)CCC(=O)OCc1cccc([N+](=O)[O-])c1. The molecule has 0 aliphatic rings. The van der Waals surface area contributed by atoms with Crippen molar-refractivity contribution in [1.29, 1.82) is 0 Å². The van der Waals surface area contributed by atoms with Gasteiger partial charge in [-0.05, 0) is 17.9 Å². The summed E-state index contributed by atoms with van der Waals surface area (Å²) < 4.78 is 10.3. The quantitative estimate of drug-likeness (QED) is 0.313. The molecule has 1 atom stereocenters. The predicted octanol–water partition coefficient (Wildman–Crippen LogP) is 4.18. The van der Waals surface area contributed by atoms with Gasteiger partial charge in [-0.2, -0.15) is 0 Å². The van der Waals surface area contributed by atoms with E-state index in [9.17, 15) is 19.7 Å². The summed E-state index contributed by atoms with van der Waals surface area (Å²) in [6.07, 6.45) is 4.11. The molecule has 1 aromatic carbocycles. The van der Waals surface area contributed by atoms with Crippen molar-refractivity contribution in [2.75, 3.05) is 6.61 Å². The van der Waals surface area contributed by atoms with Crippen molar-refractivity contribution in [2.45, 2.75) is 59.0 Å². The number of nitro groups is 1. The summed E-state index contributed by atoms with van der Waals surface area (Å²) in [6, 6.07) is 5.88. The van der Waals surface area contributed by atoms with Crippen LogP contribution in [0.3, 0.4) is 0 Å².